The molecule has 0 aliphatic carbocycles. The van der Waals surface area contributed by atoms with Crippen LogP contribution in [0.15, 0.2) is 12.1 Å². The van der Waals surface area contributed by atoms with E-state index in [0.717, 1.165) is 31.5 Å². The summed E-state index contributed by atoms with van der Waals surface area (Å²) in [5.41, 5.74) is 0.454. The molecule has 0 bridgehead atoms. The number of thiophene rings is 1. The third kappa shape index (κ3) is 5.39. The lowest BCUT2D eigenvalue weighted by molar-refractivity contribution is 0.227. The van der Waals surface area contributed by atoms with Gasteiger partial charge in [0.15, 0.2) is 0 Å². The third-order valence-electron chi connectivity index (χ3n) is 4.45. The maximum absolute atomic E-state index is 3.53. The van der Waals surface area contributed by atoms with Crippen LogP contribution in [-0.4, -0.2) is 24.5 Å². The molecule has 1 unspecified atom stereocenters. The molecule has 1 atom stereocenters. The zero-order valence-corrected chi connectivity index (χ0v) is 15.2. The maximum atomic E-state index is 3.53. The molecule has 2 nitrogen and oxygen atoms in total. The van der Waals surface area contributed by atoms with Gasteiger partial charge in [-0.25, -0.2) is 0 Å². The Labute approximate surface area is 134 Å². The predicted molar refractivity (Wildman–Crippen MR) is 93.7 cm³/mol. The van der Waals surface area contributed by atoms with Crippen LogP contribution in [0.1, 0.15) is 50.8 Å². The Morgan fingerprint density at radius 1 is 1.29 bits per heavy atom. The summed E-state index contributed by atoms with van der Waals surface area (Å²) in [4.78, 5) is 5.62. The minimum atomic E-state index is 0.454. The first-order valence-corrected chi connectivity index (χ1v) is 9.17. The summed E-state index contributed by atoms with van der Waals surface area (Å²) < 4.78 is 0. The molecular weight excluding hydrogens is 276 g/mol. The van der Waals surface area contributed by atoms with Gasteiger partial charge in [0.2, 0.25) is 0 Å². The molecule has 1 fully saturated rings. The van der Waals surface area contributed by atoms with Gasteiger partial charge in [-0.1, -0.05) is 34.6 Å². The summed E-state index contributed by atoms with van der Waals surface area (Å²) in [7, 11) is 0. The van der Waals surface area contributed by atoms with Gasteiger partial charge in [0.05, 0.1) is 0 Å². The van der Waals surface area contributed by atoms with Gasteiger partial charge in [-0.2, -0.15) is 0 Å². The molecule has 1 aliphatic rings. The van der Waals surface area contributed by atoms with Crippen LogP contribution in [0.4, 0.5) is 0 Å². The number of nitrogens with zero attached hydrogens (tertiary/aromatic N) is 1. The van der Waals surface area contributed by atoms with Gasteiger partial charge in [0, 0.05) is 29.4 Å². The zero-order chi connectivity index (χ0) is 15.5. The smallest absolute Gasteiger partial charge is 0.0328 e. The van der Waals surface area contributed by atoms with E-state index in [1.165, 1.54) is 29.3 Å². The van der Waals surface area contributed by atoms with Crippen LogP contribution >= 0.6 is 11.3 Å². The van der Waals surface area contributed by atoms with Gasteiger partial charge in [0.25, 0.3) is 0 Å². The lowest BCUT2D eigenvalue weighted by atomic mass is 9.80. The average Bonchev–Trinajstić information content (AvgIpc) is 2.98. The standard InChI is InChI=1S/C18H32N2S/c1-14(2)10-19-11-16-6-7-17(21-16)13-20-9-8-15(12-20)18(3,4)5/h6-7,14-15,19H,8-13H2,1-5H3. The third-order valence-corrected chi connectivity index (χ3v) is 5.52. The SMILES string of the molecule is CC(C)CNCc1ccc(CN2CCC(C(C)(C)C)C2)s1. The molecule has 1 saturated heterocycles. The Hall–Kier alpha value is -0.380. The molecule has 1 aromatic heterocycles. The fourth-order valence-electron chi connectivity index (χ4n) is 2.99. The van der Waals surface area contributed by atoms with Gasteiger partial charge < -0.3 is 5.32 Å². The second kappa shape index (κ2) is 7.26. The van der Waals surface area contributed by atoms with Crippen molar-refractivity contribution in [3.05, 3.63) is 21.9 Å². The predicted octanol–water partition coefficient (Wildman–Crippen LogP) is 4.36. The van der Waals surface area contributed by atoms with Gasteiger partial charge in [-0.15, -0.1) is 11.3 Å². The van der Waals surface area contributed by atoms with Gasteiger partial charge in [-0.05, 0) is 48.9 Å². The van der Waals surface area contributed by atoms with E-state index in [0.29, 0.717) is 5.41 Å². The van der Waals surface area contributed by atoms with Crippen molar-refractivity contribution in [2.75, 3.05) is 19.6 Å². The largest absolute Gasteiger partial charge is 0.312 e. The Balaban J connectivity index is 1.78. The van der Waals surface area contributed by atoms with E-state index in [1.807, 2.05) is 11.3 Å². The first kappa shape index (κ1) is 17.0. The molecule has 0 radical (unpaired) electrons. The monoisotopic (exact) mass is 308 g/mol. The van der Waals surface area contributed by atoms with Gasteiger partial charge >= 0.3 is 0 Å². The fraction of sp³-hybridized carbons (Fsp3) is 0.778. The summed E-state index contributed by atoms with van der Waals surface area (Å²) in [6.45, 7) is 17.4. The molecule has 120 valence electrons. The van der Waals surface area contributed by atoms with Crippen LogP contribution in [0.2, 0.25) is 0 Å². The highest BCUT2D eigenvalue weighted by Gasteiger charge is 2.31. The van der Waals surface area contributed by atoms with E-state index < -0.39 is 0 Å². The van der Waals surface area contributed by atoms with Gasteiger partial charge in [0.1, 0.15) is 0 Å². The van der Waals surface area contributed by atoms with Crippen molar-refractivity contribution in [1.82, 2.24) is 10.2 Å². The summed E-state index contributed by atoms with van der Waals surface area (Å²) in [6.07, 6.45) is 1.36. The quantitative estimate of drug-likeness (QED) is 0.840. The summed E-state index contributed by atoms with van der Waals surface area (Å²) in [6, 6.07) is 4.62. The summed E-state index contributed by atoms with van der Waals surface area (Å²) in [5.74, 6) is 1.58. The number of hydrogen-bond acceptors (Lipinski definition) is 3. The topological polar surface area (TPSA) is 15.3 Å². The van der Waals surface area contributed by atoms with E-state index in [-0.39, 0.29) is 0 Å². The fourth-order valence-corrected chi connectivity index (χ4v) is 4.02. The molecular formula is C18H32N2S. The number of rotatable bonds is 6. The molecule has 2 heterocycles. The number of hydrogen-bond donors (Lipinski definition) is 1. The second-order valence-electron chi connectivity index (χ2n) is 7.98. The van der Waals surface area contributed by atoms with E-state index in [2.05, 4.69) is 57.0 Å². The van der Waals surface area contributed by atoms with Crippen LogP contribution in [0.5, 0.6) is 0 Å². The molecule has 0 amide bonds. The second-order valence-corrected chi connectivity index (χ2v) is 9.23. The minimum absolute atomic E-state index is 0.454. The van der Waals surface area contributed by atoms with Crippen LogP contribution in [0.25, 0.3) is 0 Å². The number of nitrogens with one attached hydrogen (secondary N) is 1. The van der Waals surface area contributed by atoms with Crippen molar-refractivity contribution >= 4 is 11.3 Å². The lowest BCUT2D eigenvalue weighted by Crippen LogP contribution is -2.25. The minimum Gasteiger partial charge on any atom is -0.312 e. The molecule has 1 N–H and O–H groups in total. The highest BCUT2D eigenvalue weighted by molar-refractivity contribution is 7.11. The maximum Gasteiger partial charge on any atom is 0.0328 e. The molecule has 0 aromatic carbocycles. The van der Waals surface area contributed by atoms with Crippen molar-refractivity contribution in [1.29, 1.82) is 0 Å². The van der Waals surface area contributed by atoms with Crippen LogP contribution in [-0.2, 0) is 13.1 Å². The van der Waals surface area contributed by atoms with E-state index in [1.54, 1.807) is 0 Å². The molecule has 0 spiro atoms. The first-order valence-electron chi connectivity index (χ1n) is 8.35. The van der Waals surface area contributed by atoms with E-state index in [4.69, 9.17) is 0 Å². The van der Waals surface area contributed by atoms with Crippen molar-refractivity contribution in [3.63, 3.8) is 0 Å². The summed E-state index contributed by atoms with van der Waals surface area (Å²) in [5, 5.41) is 3.53. The number of likely N-dealkylation sites (tertiary alicyclic amines) is 1. The Morgan fingerprint density at radius 2 is 2.00 bits per heavy atom. The molecule has 3 heteroatoms. The lowest BCUT2D eigenvalue weighted by Gasteiger charge is -2.27. The van der Waals surface area contributed by atoms with E-state index >= 15 is 0 Å². The van der Waals surface area contributed by atoms with E-state index in [9.17, 15) is 0 Å². The van der Waals surface area contributed by atoms with Crippen molar-refractivity contribution in [3.8, 4) is 0 Å². The van der Waals surface area contributed by atoms with Crippen LogP contribution in [0, 0.1) is 17.3 Å². The molecule has 21 heavy (non-hydrogen) atoms. The average molecular weight is 309 g/mol. The Kier molecular flexibility index (Phi) is 5.87. The molecule has 2 rings (SSSR count). The normalized spacial score (nSPS) is 20.6. The van der Waals surface area contributed by atoms with Crippen LogP contribution in [0.3, 0.4) is 0 Å². The van der Waals surface area contributed by atoms with Crippen molar-refractivity contribution in [2.45, 2.75) is 54.1 Å². The Morgan fingerprint density at radius 3 is 2.62 bits per heavy atom. The van der Waals surface area contributed by atoms with Gasteiger partial charge in [-0.3, -0.25) is 4.90 Å². The molecule has 0 saturated carbocycles. The molecule has 1 aliphatic heterocycles. The van der Waals surface area contributed by atoms with Crippen LogP contribution < -0.4 is 5.32 Å². The Bertz CT molecular complexity index is 431. The molecule has 1 aromatic rings. The zero-order valence-electron chi connectivity index (χ0n) is 14.4. The first-order chi connectivity index (χ1) is 9.84. The van der Waals surface area contributed by atoms with Crippen molar-refractivity contribution < 1.29 is 0 Å². The highest BCUT2D eigenvalue weighted by atomic mass is 32.1. The van der Waals surface area contributed by atoms with Crippen molar-refractivity contribution in [2.24, 2.45) is 17.3 Å². The summed E-state index contributed by atoms with van der Waals surface area (Å²) >= 11 is 1.98. The highest BCUT2D eigenvalue weighted by Crippen LogP contribution is 2.34.